The van der Waals surface area contributed by atoms with Crippen LogP contribution >= 0.6 is 0 Å². The molecule has 0 atom stereocenters. The Hall–Kier alpha value is -2.53. The molecule has 0 aliphatic carbocycles. The maximum atomic E-state index is 12.6. The van der Waals surface area contributed by atoms with Gasteiger partial charge in [-0.25, -0.2) is 4.79 Å². The number of aliphatic hydroxyl groups is 1. The first-order chi connectivity index (χ1) is 13.6. The van der Waals surface area contributed by atoms with Gasteiger partial charge < -0.3 is 20.1 Å². The number of amides is 2. The van der Waals surface area contributed by atoms with Crippen molar-refractivity contribution in [1.82, 2.24) is 4.90 Å². The summed E-state index contributed by atoms with van der Waals surface area (Å²) in [5.74, 6) is 1.43. The Morgan fingerprint density at radius 2 is 1.79 bits per heavy atom. The van der Waals surface area contributed by atoms with Gasteiger partial charge in [-0.05, 0) is 43.5 Å². The van der Waals surface area contributed by atoms with E-state index in [1.165, 1.54) is 0 Å². The second-order valence-corrected chi connectivity index (χ2v) is 7.54. The van der Waals surface area contributed by atoms with Gasteiger partial charge in [-0.2, -0.15) is 0 Å². The molecular weight excluding hydrogens is 352 g/mol. The molecule has 0 spiro atoms. The normalized spacial score (nSPS) is 15.9. The molecule has 2 aromatic rings. The molecule has 2 aromatic carbocycles. The molecular formula is C23H30N2O3. The van der Waals surface area contributed by atoms with E-state index in [4.69, 9.17) is 4.74 Å². The SMILES string of the molecule is CCCCCC1(O)CCN(C(=O)Nc2cccc(Oc3ccccc3)c2)CC1. The molecule has 0 aromatic heterocycles. The van der Waals surface area contributed by atoms with Crippen molar-refractivity contribution in [3.8, 4) is 11.5 Å². The number of ether oxygens (including phenoxy) is 1. The van der Waals surface area contributed by atoms with Crippen LogP contribution in [0.25, 0.3) is 0 Å². The van der Waals surface area contributed by atoms with Gasteiger partial charge in [0.2, 0.25) is 0 Å². The lowest BCUT2D eigenvalue weighted by molar-refractivity contribution is -0.0196. The summed E-state index contributed by atoms with van der Waals surface area (Å²) in [5.41, 5.74) is 0.0808. The minimum Gasteiger partial charge on any atom is -0.457 e. The Labute approximate surface area is 167 Å². The quantitative estimate of drug-likeness (QED) is 0.629. The molecule has 0 unspecified atom stereocenters. The molecule has 0 saturated carbocycles. The number of hydrogen-bond acceptors (Lipinski definition) is 3. The van der Waals surface area contributed by atoms with E-state index in [1.54, 1.807) is 4.90 Å². The minimum atomic E-state index is -0.616. The summed E-state index contributed by atoms with van der Waals surface area (Å²) in [6.07, 6.45) is 5.46. The number of nitrogens with one attached hydrogen (secondary N) is 1. The van der Waals surface area contributed by atoms with Gasteiger partial charge in [0.05, 0.1) is 5.60 Å². The molecule has 5 nitrogen and oxygen atoms in total. The van der Waals surface area contributed by atoms with Gasteiger partial charge in [-0.3, -0.25) is 0 Å². The average molecular weight is 383 g/mol. The predicted molar refractivity (Wildman–Crippen MR) is 112 cm³/mol. The smallest absolute Gasteiger partial charge is 0.321 e. The van der Waals surface area contributed by atoms with E-state index in [2.05, 4.69) is 12.2 Å². The summed E-state index contributed by atoms with van der Waals surface area (Å²) in [5, 5.41) is 13.6. The Kier molecular flexibility index (Phi) is 6.93. The Morgan fingerprint density at radius 3 is 2.50 bits per heavy atom. The molecule has 1 heterocycles. The monoisotopic (exact) mass is 382 g/mol. The second-order valence-electron chi connectivity index (χ2n) is 7.54. The number of carbonyl (C=O) groups excluding carboxylic acids is 1. The fraction of sp³-hybridized carbons (Fsp3) is 0.435. The number of likely N-dealkylation sites (tertiary alicyclic amines) is 1. The van der Waals surface area contributed by atoms with Crippen LogP contribution in [0.3, 0.4) is 0 Å². The lowest BCUT2D eigenvalue weighted by Crippen LogP contribution is -2.48. The van der Waals surface area contributed by atoms with Crippen molar-refractivity contribution in [2.75, 3.05) is 18.4 Å². The van der Waals surface area contributed by atoms with Gasteiger partial charge in [0.15, 0.2) is 0 Å². The maximum Gasteiger partial charge on any atom is 0.321 e. The molecule has 2 amide bonds. The number of piperidine rings is 1. The number of unbranched alkanes of at least 4 members (excludes halogenated alkanes) is 2. The summed E-state index contributed by atoms with van der Waals surface area (Å²) in [6, 6.07) is 16.8. The van der Waals surface area contributed by atoms with Gasteiger partial charge in [0.25, 0.3) is 0 Å². The van der Waals surface area contributed by atoms with Crippen LogP contribution in [-0.2, 0) is 0 Å². The van der Waals surface area contributed by atoms with Gasteiger partial charge in [-0.1, -0.05) is 50.5 Å². The molecule has 3 rings (SSSR count). The number of para-hydroxylation sites is 1. The number of urea groups is 1. The number of hydrogen-bond donors (Lipinski definition) is 2. The lowest BCUT2D eigenvalue weighted by atomic mass is 9.86. The number of benzene rings is 2. The second kappa shape index (κ2) is 9.60. The van der Waals surface area contributed by atoms with Gasteiger partial charge in [-0.15, -0.1) is 0 Å². The highest BCUT2D eigenvalue weighted by atomic mass is 16.5. The van der Waals surface area contributed by atoms with Crippen molar-refractivity contribution in [1.29, 1.82) is 0 Å². The molecule has 150 valence electrons. The van der Waals surface area contributed by atoms with Crippen LogP contribution in [0, 0.1) is 0 Å². The fourth-order valence-corrected chi connectivity index (χ4v) is 3.54. The van der Waals surface area contributed by atoms with E-state index >= 15 is 0 Å². The summed E-state index contributed by atoms with van der Waals surface area (Å²) in [6.45, 7) is 3.32. The van der Waals surface area contributed by atoms with Crippen molar-refractivity contribution in [2.24, 2.45) is 0 Å². The van der Waals surface area contributed by atoms with Crippen LogP contribution in [0.4, 0.5) is 10.5 Å². The highest BCUT2D eigenvalue weighted by Crippen LogP contribution is 2.29. The van der Waals surface area contributed by atoms with Crippen LogP contribution in [0.5, 0.6) is 11.5 Å². The largest absolute Gasteiger partial charge is 0.457 e. The molecule has 2 N–H and O–H groups in total. The van der Waals surface area contributed by atoms with E-state index < -0.39 is 5.60 Å². The van der Waals surface area contributed by atoms with Crippen molar-refractivity contribution < 1.29 is 14.6 Å². The molecule has 1 saturated heterocycles. The molecule has 28 heavy (non-hydrogen) atoms. The Bertz CT molecular complexity index is 755. The van der Waals surface area contributed by atoms with Crippen LogP contribution < -0.4 is 10.1 Å². The third kappa shape index (κ3) is 5.73. The van der Waals surface area contributed by atoms with E-state index in [0.29, 0.717) is 37.4 Å². The minimum absolute atomic E-state index is 0.132. The summed E-state index contributed by atoms with van der Waals surface area (Å²) < 4.78 is 5.82. The van der Waals surface area contributed by atoms with Crippen LogP contribution in [0.15, 0.2) is 54.6 Å². The fourth-order valence-electron chi connectivity index (χ4n) is 3.54. The first kappa shape index (κ1) is 20.2. The zero-order valence-electron chi connectivity index (χ0n) is 16.6. The topological polar surface area (TPSA) is 61.8 Å². The Balaban J connectivity index is 1.52. The molecule has 1 fully saturated rings. The Morgan fingerprint density at radius 1 is 1.07 bits per heavy atom. The molecule has 0 bridgehead atoms. The first-order valence-electron chi connectivity index (χ1n) is 10.2. The molecule has 0 radical (unpaired) electrons. The summed E-state index contributed by atoms with van der Waals surface area (Å²) in [7, 11) is 0. The van der Waals surface area contributed by atoms with Gasteiger partial charge in [0.1, 0.15) is 11.5 Å². The van der Waals surface area contributed by atoms with Gasteiger partial charge in [0, 0.05) is 24.8 Å². The van der Waals surface area contributed by atoms with Crippen molar-refractivity contribution in [2.45, 2.75) is 51.0 Å². The first-order valence-corrected chi connectivity index (χ1v) is 10.2. The molecule has 1 aliphatic rings. The maximum absolute atomic E-state index is 12.6. The predicted octanol–water partition coefficient (Wildman–Crippen LogP) is 5.42. The van der Waals surface area contributed by atoms with E-state index in [1.807, 2.05) is 54.6 Å². The third-order valence-electron chi connectivity index (χ3n) is 5.29. The molecule has 1 aliphatic heterocycles. The van der Waals surface area contributed by atoms with E-state index in [9.17, 15) is 9.90 Å². The standard InChI is InChI=1S/C23H30N2O3/c1-2-3-7-13-23(27)14-16-25(17-15-23)22(26)24-19-9-8-12-21(18-19)28-20-10-5-4-6-11-20/h4-6,8-12,18,27H,2-3,7,13-17H2,1H3,(H,24,26). The van der Waals surface area contributed by atoms with Gasteiger partial charge >= 0.3 is 6.03 Å². The van der Waals surface area contributed by atoms with Crippen molar-refractivity contribution >= 4 is 11.7 Å². The zero-order valence-corrected chi connectivity index (χ0v) is 16.6. The number of carbonyl (C=O) groups is 1. The highest BCUT2D eigenvalue weighted by Gasteiger charge is 2.33. The number of anilines is 1. The van der Waals surface area contributed by atoms with Crippen molar-refractivity contribution in [3.05, 3.63) is 54.6 Å². The highest BCUT2D eigenvalue weighted by molar-refractivity contribution is 5.89. The number of nitrogens with zero attached hydrogens (tertiary/aromatic N) is 1. The molecule has 5 heteroatoms. The average Bonchev–Trinajstić information content (AvgIpc) is 2.70. The van der Waals surface area contributed by atoms with E-state index in [0.717, 1.165) is 31.4 Å². The number of rotatable bonds is 7. The van der Waals surface area contributed by atoms with Crippen molar-refractivity contribution in [3.63, 3.8) is 0 Å². The van der Waals surface area contributed by atoms with Crippen LogP contribution in [-0.4, -0.2) is 34.7 Å². The summed E-state index contributed by atoms with van der Waals surface area (Å²) >= 11 is 0. The third-order valence-corrected chi connectivity index (χ3v) is 5.29. The zero-order chi connectivity index (χ0) is 19.8. The lowest BCUT2D eigenvalue weighted by Gasteiger charge is -2.38. The van der Waals surface area contributed by atoms with E-state index in [-0.39, 0.29) is 6.03 Å². The summed E-state index contributed by atoms with van der Waals surface area (Å²) in [4.78, 5) is 14.4. The van der Waals surface area contributed by atoms with Crippen LogP contribution in [0.1, 0.15) is 45.4 Å². The van der Waals surface area contributed by atoms with Crippen LogP contribution in [0.2, 0.25) is 0 Å².